The van der Waals surface area contributed by atoms with Gasteiger partial charge < -0.3 is 5.32 Å². The van der Waals surface area contributed by atoms with Crippen LogP contribution in [-0.4, -0.2) is 23.1 Å². The molecule has 0 aromatic carbocycles. The summed E-state index contributed by atoms with van der Waals surface area (Å²) in [6, 6.07) is 2.11. The largest absolute Gasteiger partial charge is 0.316 e. The minimum absolute atomic E-state index is 0.220. The lowest BCUT2D eigenvalue weighted by molar-refractivity contribution is 0.466. The lowest BCUT2D eigenvalue weighted by Gasteiger charge is -2.21. The first-order valence-corrected chi connectivity index (χ1v) is 7.14. The maximum absolute atomic E-state index is 6.07. The summed E-state index contributed by atoms with van der Waals surface area (Å²) < 4.78 is 0. The van der Waals surface area contributed by atoms with Gasteiger partial charge in [-0.1, -0.05) is 11.6 Å². The third-order valence-corrected chi connectivity index (χ3v) is 4.69. The molecule has 6 heteroatoms. The molecule has 1 saturated heterocycles. The van der Waals surface area contributed by atoms with Gasteiger partial charge in [-0.15, -0.1) is 11.3 Å². The molecule has 3 rings (SSSR count). The Labute approximate surface area is 113 Å². The van der Waals surface area contributed by atoms with Crippen molar-refractivity contribution < 1.29 is 0 Å². The Morgan fingerprint density at radius 2 is 2.24 bits per heavy atom. The molecule has 1 unspecified atom stereocenters. The molecule has 3 heterocycles. The molecule has 0 radical (unpaired) electrons. The van der Waals surface area contributed by atoms with Crippen molar-refractivity contribution in [1.82, 2.24) is 15.3 Å². The van der Waals surface area contributed by atoms with Crippen molar-refractivity contribution in [2.24, 2.45) is 0 Å². The molecule has 1 aliphatic rings. The van der Waals surface area contributed by atoms with Crippen molar-refractivity contribution in [2.45, 2.75) is 18.8 Å². The van der Waals surface area contributed by atoms with E-state index in [9.17, 15) is 0 Å². The number of rotatable bonds is 1. The first-order valence-electron chi connectivity index (χ1n) is 5.57. The quantitative estimate of drug-likeness (QED) is 0.645. The van der Waals surface area contributed by atoms with E-state index >= 15 is 0 Å². The zero-order valence-corrected chi connectivity index (χ0v) is 11.4. The predicted molar refractivity (Wildman–Crippen MR) is 72.3 cm³/mol. The maximum Gasteiger partial charge on any atom is 0.225 e. The van der Waals surface area contributed by atoms with E-state index in [0.717, 1.165) is 23.3 Å². The lowest BCUT2D eigenvalue weighted by atomic mass is 9.98. The second kappa shape index (κ2) is 4.69. The number of hydrogen-bond acceptors (Lipinski definition) is 4. The summed E-state index contributed by atoms with van der Waals surface area (Å²) in [5, 5.41) is 5.00. The zero-order chi connectivity index (χ0) is 11.8. The predicted octanol–water partition coefficient (Wildman–Crippen LogP) is 3.47. The Hall–Kier alpha value is -0.420. The van der Waals surface area contributed by atoms with Crippen LogP contribution in [0.15, 0.2) is 6.07 Å². The Balaban J connectivity index is 2.03. The van der Waals surface area contributed by atoms with Gasteiger partial charge in [0.1, 0.15) is 9.98 Å². The molecular weight excluding hydrogens is 277 g/mol. The minimum Gasteiger partial charge on any atom is -0.316 e. The highest BCUT2D eigenvalue weighted by atomic mass is 35.5. The number of thiophene rings is 1. The summed E-state index contributed by atoms with van der Waals surface area (Å²) in [5.74, 6) is 0.567. The first kappa shape index (κ1) is 11.7. The van der Waals surface area contributed by atoms with Crippen LogP contribution < -0.4 is 5.32 Å². The number of piperidine rings is 1. The number of nitrogens with zero attached hydrogens (tertiary/aromatic N) is 2. The van der Waals surface area contributed by atoms with Gasteiger partial charge in [0.15, 0.2) is 0 Å². The van der Waals surface area contributed by atoms with Crippen LogP contribution in [0, 0.1) is 0 Å². The van der Waals surface area contributed by atoms with E-state index in [1.807, 2.05) is 0 Å². The molecule has 1 aliphatic heterocycles. The third-order valence-electron chi connectivity index (χ3n) is 3.04. The van der Waals surface area contributed by atoms with Crippen molar-refractivity contribution >= 4 is 44.8 Å². The van der Waals surface area contributed by atoms with Crippen LogP contribution in [0.25, 0.3) is 10.2 Å². The molecule has 3 nitrogen and oxygen atoms in total. The van der Waals surface area contributed by atoms with Crippen molar-refractivity contribution in [3.05, 3.63) is 21.4 Å². The molecule has 2 aromatic heterocycles. The van der Waals surface area contributed by atoms with E-state index in [0.29, 0.717) is 11.1 Å². The third kappa shape index (κ3) is 2.27. The van der Waals surface area contributed by atoms with Gasteiger partial charge >= 0.3 is 0 Å². The highest BCUT2D eigenvalue weighted by Crippen LogP contribution is 2.35. The van der Waals surface area contributed by atoms with Gasteiger partial charge in [-0.25, -0.2) is 9.97 Å². The molecule has 0 bridgehead atoms. The molecule has 0 aliphatic carbocycles. The van der Waals surface area contributed by atoms with E-state index < -0.39 is 0 Å². The highest BCUT2D eigenvalue weighted by molar-refractivity contribution is 7.18. The second-order valence-corrected chi connectivity index (χ2v) is 5.95. The van der Waals surface area contributed by atoms with Gasteiger partial charge in [0.25, 0.3) is 0 Å². The highest BCUT2D eigenvalue weighted by Gasteiger charge is 2.19. The number of hydrogen-bond donors (Lipinski definition) is 1. The van der Waals surface area contributed by atoms with Crippen molar-refractivity contribution in [1.29, 1.82) is 0 Å². The summed E-state index contributed by atoms with van der Waals surface area (Å²) in [6.45, 7) is 2.15. The molecule has 90 valence electrons. The van der Waals surface area contributed by atoms with Crippen LogP contribution >= 0.6 is 34.5 Å². The van der Waals surface area contributed by atoms with Gasteiger partial charge in [-0.05, 0) is 37.1 Å². The molecule has 1 fully saturated rings. The number of halogens is 2. The average molecular weight is 288 g/mol. The smallest absolute Gasteiger partial charge is 0.225 e. The van der Waals surface area contributed by atoms with Crippen LogP contribution in [0.5, 0.6) is 0 Å². The molecule has 1 atom stereocenters. The van der Waals surface area contributed by atoms with Crippen LogP contribution in [-0.2, 0) is 0 Å². The summed E-state index contributed by atoms with van der Waals surface area (Å²) in [5.41, 5.74) is 0. The van der Waals surface area contributed by atoms with Crippen LogP contribution in [0.3, 0.4) is 0 Å². The Kier molecular flexibility index (Phi) is 3.21. The van der Waals surface area contributed by atoms with Crippen LogP contribution in [0.4, 0.5) is 0 Å². The Morgan fingerprint density at radius 1 is 1.35 bits per heavy atom. The molecule has 0 amide bonds. The zero-order valence-electron chi connectivity index (χ0n) is 9.04. The molecule has 1 N–H and O–H groups in total. The summed E-state index contributed by atoms with van der Waals surface area (Å²) in [6.07, 6.45) is 2.44. The van der Waals surface area contributed by atoms with E-state index in [-0.39, 0.29) is 5.28 Å². The van der Waals surface area contributed by atoms with Crippen LogP contribution in [0.2, 0.25) is 10.4 Å². The first-order chi connectivity index (χ1) is 8.24. The monoisotopic (exact) mass is 287 g/mol. The number of aromatic nitrogens is 2. The molecule has 17 heavy (non-hydrogen) atoms. The van der Waals surface area contributed by atoms with E-state index in [4.69, 9.17) is 23.2 Å². The van der Waals surface area contributed by atoms with Gasteiger partial charge in [0.2, 0.25) is 5.28 Å². The lowest BCUT2D eigenvalue weighted by Crippen LogP contribution is -2.27. The van der Waals surface area contributed by atoms with Gasteiger partial charge in [-0.2, -0.15) is 0 Å². The second-order valence-electron chi connectivity index (χ2n) is 4.19. The fourth-order valence-electron chi connectivity index (χ4n) is 2.18. The molecular formula is C11H11Cl2N3S. The van der Waals surface area contributed by atoms with E-state index in [1.165, 1.54) is 17.7 Å². The van der Waals surface area contributed by atoms with Crippen LogP contribution in [0.1, 0.15) is 23.6 Å². The number of nitrogens with one attached hydrogen (secondary N) is 1. The van der Waals surface area contributed by atoms with Gasteiger partial charge in [0, 0.05) is 22.7 Å². The topological polar surface area (TPSA) is 37.8 Å². The number of fused-ring (bicyclic) bond motifs is 1. The summed E-state index contributed by atoms with van der Waals surface area (Å²) >= 11 is 13.5. The van der Waals surface area contributed by atoms with Crippen molar-refractivity contribution in [3.63, 3.8) is 0 Å². The fraction of sp³-hybridized carbons (Fsp3) is 0.455. The molecule has 0 spiro atoms. The van der Waals surface area contributed by atoms with Gasteiger partial charge in [-0.3, -0.25) is 0 Å². The fourth-order valence-corrected chi connectivity index (χ4v) is 3.88. The maximum atomic E-state index is 6.07. The normalized spacial score (nSPS) is 20.9. The van der Waals surface area contributed by atoms with E-state index in [1.54, 1.807) is 11.3 Å². The van der Waals surface area contributed by atoms with E-state index in [2.05, 4.69) is 21.4 Å². The van der Waals surface area contributed by atoms with Gasteiger partial charge in [0.05, 0.1) is 0 Å². The molecule has 0 saturated carbocycles. The standard InChI is InChI=1S/C11H11Cl2N3S/c12-9-7-4-8(6-2-1-3-14-5-6)17-10(7)16-11(13)15-9/h4,6,14H,1-3,5H2. The Bertz CT molecular complexity index is 549. The minimum atomic E-state index is 0.220. The average Bonchev–Trinajstić information content (AvgIpc) is 2.74. The summed E-state index contributed by atoms with van der Waals surface area (Å²) in [4.78, 5) is 10.4. The summed E-state index contributed by atoms with van der Waals surface area (Å²) in [7, 11) is 0. The SMILES string of the molecule is Clc1nc(Cl)c2cc(C3CCCNC3)sc2n1. The molecule has 2 aromatic rings. The van der Waals surface area contributed by atoms with Crippen molar-refractivity contribution in [2.75, 3.05) is 13.1 Å². The Morgan fingerprint density at radius 3 is 3.00 bits per heavy atom. The van der Waals surface area contributed by atoms with Crippen molar-refractivity contribution in [3.8, 4) is 0 Å².